The molecular formula is C9H8BrN3O2. The summed E-state index contributed by atoms with van der Waals surface area (Å²) in [6.45, 7) is 2.51. The third kappa shape index (κ3) is 1.72. The number of ketones is 1. The van der Waals surface area contributed by atoms with Crippen molar-refractivity contribution in [2.75, 3.05) is 0 Å². The van der Waals surface area contributed by atoms with Crippen molar-refractivity contribution in [2.45, 2.75) is 13.5 Å². The molecule has 0 amide bonds. The van der Waals surface area contributed by atoms with Crippen molar-refractivity contribution >= 4 is 21.7 Å². The summed E-state index contributed by atoms with van der Waals surface area (Å²) in [6, 6.07) is 1.60. The van der Waals surface area contributed by atoms with E-state index in [1.165, 1.54) is 12.6 Å². The van der Waals surface area contributed by atoms with E-state index in [1.807, 2.05) is 6.92 Å². The van der Waals surface area contributed by atoms with Crippen molar-refractivity contribution in [1.82, 2.24) is 14.8 Å². The molecule has 0 N–H and O–H groups in total. The number of hydrogen-bond acceptors (Lipinski definition) is 4. The van der Waals surface area contributed by atoms with Gasteiger partial charge in [-0.05, 0) is 28.9 Å². The van der Waals surface area contributed by atoms with Gasteiger partial charge in [0.2, 0.25) is 5.78 Å². The van der Waals surface area contributed by atoms with Crippen molar-refractivity contribution < 1.29 is 9.21 Å². The Morgan fingerprint density at radius 1 is 1.67 bits per heavy atom. The van der Waals surface area contributed by atoms with Gasteiger partial charge in [-0.2, -0.15) is 5.10 Å². The molecule has 0 saturated heterocycles. The van der Waals surface area contributed by atoms with Gasteiger partial charge in [0.05, 0.1) is 11.8 Å². The van der Waals surface area contributed by atoms with Crippen LogP contribution >= 0.6 is 15.9 Å². The van der Waals surface area contributed by atoms with Gasteiger partial charge in [-0.25, -0.2) is 9.67 Å². The predicted octanol–water partition coefficient (Wildman–Crippen LogP) is 1.88. The van der Waals surface area contributed by atoms with Crippen LogP contribution in [0.4, 0.5) is 0 Å². The average Bonchev–Trinajstić information content (AvgIpc) is 2.84. The van der Waals surface area contributed by atoms with Crippen LogP contribution in [-0.4, -0.2) is 20.5 Å². The molecule has 0 radical (unpaired) electrons. The minimum absolute atomic E-state index is 0.199. The van der Waals surface area contributed by atoms with Gasteiger partial charge in [0, 0.05) is 6.54 Å². The highest BCUT2D eigenvalue weighted by atomic mass is 79.9. The topological polar surface area (TPSA) is 60.9 Å². The molecule has 0 aromatic carbocycles. The van der Waals surface area contributed by atoms with Crippen LogP contribution in [0.25, 0.3) is 0 Å². The fourth-order valence-electron chi connectivity index (χ4n) is 1.25. The summed E-state index contributed by atoms with van der Waals surface area (Å²) in [7, 11) is 0. The summed E-state index contributed by atoms with van der Waals surface area (Å²) in [5.74, 6) is 0.120. The second kappa shape index (κ2) is 3.98. The number of aryl methyl sites for hydroxylation is 1. The van der Waals surface area contributed by atoms with E-state index in [0.717, 1.165) is 0 Å². The molecule has 0 unspecified atom stereocenters. The van der Waals surface area contributed by atoms with Crippen LogP contribution in [-0.2, 0) is 6.54 Å². The Balaban J connectivity index is 2.41. The monoisotopic (exact) mass is 269 g/mol. The first kappa shape index (κ1) is 10.1. The SMILES string of the molecule is CCn1ncnc1C(=O)c1ccoc1Br. The lowest BCUT2D eigenvalue weighted by Gasteiger charge is -1.99. The van der Waals surface area contributed by atoms with Crippen LogP contribution in [0.2, 0.25) is 0 Å². The van der Waals surface area contributed by atoms with Crippen LogP contribution in [0.15, 0.2) is 27.7 Å². The zero-order chi connectivity index (χ0) is 10.8. The number of nitrogens with zero attached hydrogens (tertiary/aromatic N) is 3. The largest absolute Gasteiger partial charge is 0.457 e. The fraction of sp³-hybridized carbons (Fsp3) is 0.222. The molecule has 0 spiro atoms. The molecule has 2 rings (SSSR count). The Hall–Kier alpha value is -1.43. The highest BCUT2D eigenvalue weighted by Gasteiger charge is 2.19. The van der Waals surface area contributed by atoms with Crippen molar-refractivity contribution in [1.29, 1.82) is 0 Å². The average molecular weight is 270 g/mol. The fourth-order valence-corrected chi connectivity index (χ4v) is 1.67. The zero-order valence-corrected chi connectivity index (χ0v) is 9.56. The Morgan fingerprint density at radius 3 is 3.07 bits per heavy atom. The number of carbonyl (C=O) groups excluding carboxylic acids is 1. The van der Waals surface area contributed by atoms with Gasteiger partial charge in [-0.15, -0.1) is 0 Å². The zero-order valence-electron chi connectivity index (χ0n) is 7.98. The first-order valence-electron chi connectivity index (χ1n) is 4.39. The van der Waals surface area contributed by atoms with E-state index in [-0.39, 0.29) is 5.78 Å². The van der Waals surface area contributed by atoms with E-state index in [9.17, 15) is 4.79 Å². The summed E-state index contributed by atoms with van der Waals surface area (Å²) in [5.41, 5.74) is 0.456. The quantitative estimate of drug-likeness (QED) is 0.799. The molecule has 0 fully saturated rings. The minimum Gasteiger partial charge on any atom is -0.457 e. The predicted molar refractivity (Wildman–Crippen MR) is 55.5 cm³/mol. The number of furan rings is 1. The van der Waals surface area contributed by atoms with Crippen LogP contribution < -0.4 is 0 Å². The van der Waals surface area contributed by atoms with Gasteiger partial charge >= 0.3 is 0 Å². The lowest BCUT2D eigenvalue weighted by molar-refractivity contribution is 0.102. The molecule has 0 aliphatic carbocycles. The maximum atomic E-state index is 12.0. The van der Waals surface area contributed by atoms with E-state index >= 15 is 0 Å². The van der Waals surface area contributed by atoms with Gasteiger partial charge in [0.1, 0.15) is 6.33 Å². The minimum atomic E-state index is -0.199. The molecule has 0 saturated carbocycles. The van der Waals surface area contributed by atoms with Crippen molar-refractivity contribution in [3.8, 4) is 0 Å². The molecule has 2 aromatic rings. The third-order valence-electron chi connectivity index (χ3n) is 1.98. The first-order valence-corrected chi connectivity index (χ1v) is 5.18. The number of rotatable bonds is 3. The Bertz CT molecular complexity index is 489. The van der Waals surface area contributed by atoms with Gasteiger partial charge in [0.25, 0.3) is 0 Å². The lowest BCUT2D eigenvalue weighted by Crippen LogP contribution is -2.11. The number of halogens is 1. The van der Waals surface area contributed by atoms with Crippen molar-refractivity contribution in [3.05, 3.63) is 34.7 Å². The Kier molecular flexibility index (Phi) is 2.68. The molecule has 6 heteroatoms. The van der Waals surface area contributed by atoms with Gasteiger partial charge in [-0.3, -0.25) is 4.79 Å². The maximum absolute atomic E-state index is 12.0. The smallest absolute Gasteiger partial charge is 0.234 e. The highest BCUT2D eigenvalue weighted by molar-refractivity contribution is 9.10. The van der Waals surface area contributed by atoms with Gasteiger partial charge in [0.15, 0.2) is 10.5 Å². The molecule has 15 heavy (non-hydrogen) atoms. The summed E-state index contributed by atoms with van der Waals surface area (Å²) in [5, 5.41) is 3.93. The molecule has 78 valence electrons. The number of hydrogen-bond donors (Lipinski definition) is 0. The molecule has 0 bridgehead atoms. The molecule has 2 heterocycles. The molecule has 0 atom stereocenters. The van der Waals surface area contributed by atoms with E-state index in [2.05, 4.69) is 26.0 Å². The van der Waals surface area contributed by atoms with Crippen molar-refractivity contribution in [2.24, 2.45) is 0 Å². The van der Waals surface area contributed by atoms with E-state index in [0.29, 0.717) is 22.6 Å². The summed E-state index contributed by atoms with van der Waals surface area (Å²) in [4.78, 5) is 15.9. The summed E-state index contributed by atoms with van der Waals surface area (Å²) in [6.07, 6.45) is 2.81. The number of aromatic nitrogens is 3. The summed E-state index contributed by atoms with van der Waals surface area (Å²) < 4.78 is 6.95. The first-order chi connectivity index (χ1) is 7.24. The highest BCUT2D eigenvalue weighted by Crippen LogP contribution is 2.20. The second-order valence-corrected chi connectivity index (χ2v) is 3.56. The van der Waals surface area contributed by atoms with E-state index in [4.69, 9.17) is 4.42 Å². The lowest BCUT2D eigenvalue weighted by atomic mass is 10.2. The van der Waals surface area contributed by atoms with Crippen LogP contribution in [0.1, 0.15) is 23.1 Å². The molecule has 0 aliphatic heterocycles. The van der Waals surface area contributed by atoms with Crippen LogP contribution in [0.5, 0.6) is 0 Å². The molecular weight excluding hydrogens is 262 g/mol. The molecule has 2 aromatic heterocycles. The normalized spacial score (nSPS) is 10.5. The maximum Gasteiger partial charge on any atom is 0.234 e. The summed E-state index contributed by atoms with van der Waals surface area (Å²) >= 11 is 3.15. The Labute approximate surface area is 94.2 Å². The van der Waals surface area contributed by atoms with E-state index < -0.39 is 0 Å². The molecule has 0 aliphatic rings. The third-order valence-corrected chi connectivity index (χ3v) is 2.59. The van der Waals surface area contributed by atoms with Gasteiger partial charge in [-0.1, -0.05) is 0 Å². The van der Waals surface area contributed by atoms with Crippen LogP contribution in [0.3, 0.4) is 0 Å². The van der Waals surface area contributed by atoms with Crippen molar-refractivity contribution in [3.63, 3.8) is 0 Å². The van der Waals surface area contributed by atoms with E-state index in [1.54, 1.807) is 10.7 Å². The standard InChI is InChI=1S/C9H8BrN3O2/c1-2-13-9(11-5-12-13)7(14)6-3-4-15-8(6)10/h3-5H,2H2,1H3. The number of carbonyl (C=O) groups is 1. The molecule has 5 nitrogen and oxygen atoms in total. The Morgan fingerprint density at radius 2 is 2.47 bits per heavy atom. The second-order valence-electron chi connectivity index (χ2n) is 2.84. The van der Waals surface area contributed by atoms with Gasteiger partial charge < -0.3 is 4.42 Å². The van der Waals surface area contributed by atoms with Crippen LogP contribution in [0, 0.1) is 0 Å².